The Kier molecular flexibility index (Phi) is 6.26. The van der Waals surface area contributed by atoms with E-state index < -0.39 is 0 Å². The van der Waals surface area contributed by atoms with E-state index in [1.54, 1.807) is 0 Å². The van der Waals surface area contributed by atoms with Gasteiger partial charge in [0.05, 0.1) is 0 Å². The number of carbonyl (C=O) groups is 1. The maximum atomic E-state index is 11.7. The van der Waals surface area contributed by atoms with Crippen molar-refractivity contribution >= 4 is 11.6 Å². The zero-order valence-corrected chi connectivity index (χ0v) is 11.7. The highest BCUT2D eigenvalue weighted by molar-refractivity contribution is 5.95. The van der Waals surface area contributed by atoms with Gasteiger partial charge >= 0.3 is 0 Å². The van der Waals surface area contributed by atoms with Gasteiger partial charge in [-0.05, 0) is 38.0 Å². The normalized spacial score (nSPS) is 10.2. The van der Waals surface area contributed by atoms with Crippen LogP contribution in [0.3, 0.4) is 0 Å². The molecule has 3 nitrogen and oxygen atoms in total. The second-order valence-electron chi connectivity index (χ2n) is 4.52. The molecule has 100 valence electrons. The summed E-state index contributed by atoms with van der Waals surface area (Å²) in [6, 6.07) is 5.80. The molecule has 18 heavy (non-hydrogen) atoms. The highest BCUT2D eigenvalue weighted by atomic mass is 16.1. The summed E-state index contributed by atoms with van der Waals surface area (Å²) in [6.07, 6.45) is 3.63. The molecule has 0 bridgehead atoms. The number of hydrogen-bond acceptors (Lipinski definition) is 2. The second-order valence-corrected chi connectivity index (χ2v) is 4.52. The number of anilines is 1. The fraction of sp³-hybridized carbons (Fsp3) is 0.533. The molecule has 0 atom stereocenters. The zero-order valence-electron chi connectivity index (χ0n) is 11.7. The molecule has 0 radical (unpaired) electrons. The zero-order chi connectivity index (χ0) is 13.4. The van der Waals surface area contributed by atoms with Crippen molar-refractivity contribution in [2.45, 2.75) is 40.0 Å². The molecule has 1 aromatic carbocycles. The van der Waals surface area contributed by atoms with Crippen LogP contribution in [-0.2, 0) is 0 Å². The molecule has 3 heteroatoms. The quantitative estimate of drug-likeness (QED) is 0.727. The van der Waals surface area contributed by atoms with Gasteiger partial charge < -0.3 is 10.6 Å². The summed E-state index contributed by atoms with van der Waals surface area (Å²) in [4.78, 5) is 11.7. The molecule has 0 saturated carbocycles. The van der Waals surface area contributed by atoms with Crippen molar-refractivity contribution in [3.8, 4) is 0 Å². The van der Waals surface area contributed by atoms with Crippen LogP contribution >= 0.6 is 0 Å². The van der Waals surface area contributed by atoms with Crippen molar-refractivity contribution in [2.75, 3.05) is 18.4 Å². The van der Waals surface area contributed by atoms with Gasteiger partial charge in [-0.3, -0.25) is 4.79 Å². The van der Waals surface area contributed by atoms with Gasteiger partial charge in [-0.25, -0.2) is 0 Å². The molecule has 1 amide bonds. The van der Waals surface area contributed by atoms with Crippen LogP contribution in [0.2, 0.25) is 0 Å². The molecular weight excluding hydrogens is 224 g/mol. The predicted molar refractivity (Wildman–Crippen MR) is 77.2 cm³/mol. The Morgan fingerprint density at radius 2 is 2.00 bits per heavy atom. The summed E-state index contributed by atoms with van der Waals surface area (Å²) in [5.74, 6) is -0.00546. The Morgan fingerprint density at radius 3 is 2.67 bits per heavy atom. The van der Waals surface area contributed by atoms with Crippen LogP contribution in [0.15, 0.2) is 18.2 Å². The molecule has 0 unspecified atom stereocenters. The summed E-state index contributed by atoms with van der Waals surface area (Å²) in [5, 5.41) is 6.22. The predicted octanol–water partition coefficient (Wildman–Crippen LogP) is 3.35. The molecule has 0 aromatic heterocycles. The maximum absolute atomic E-state index is 11.7. The van der Waals surface area contributed by atoms with Crippen molar-refractivity contribution in [1.29, 1.82) is 0 Å². The lowest BCUT2D eigenvalue weighted by Crippen LogP contribution is -2.22. The van der Waals surface area contributed by atoms with Gasteiger partial charge in [0.1, 0.15) is 0 Å². The first kappa shape index (κ1) is 14.6. The number of nitrogens with one attached hydrogen (secondary N) is 2. The largest absolute Gasteiger partial charge is 0.385 e. The van der Waals surface area contributed by atoms with Crippen molar-refractivity contribution in [3.05, 3.63) is 29.3 Å². The van der Waals surface area contributed by atoms with Crippen molar-refractivity contribution in [1.82, 2.24) is 5.32 Å². The highest BCUT2D eigenvalue weighted by Crippen LogP contribution is 2.17. The van der Waals surface area contributed by atoms with Crippen LogP contribution in [-0.4, -0.2) is 19.0 Å². The minimum absolute atomic E-state index is 0.00546. The molecule has 0 aliphatic carbocycles. The fourth-order valence-corrected chi connectivity index (χ4v) is 1.81. The van der Waals surface area contributed by atoms with Crippen LogP contribution in [0.1, 0.15) is 49.0 Å². The Morgan fingerprint density at radius 1 is 1.22 bits per heavy atom. The first-order chi connectivity index (χ1) is 8.69. The molecule has 2 N–H and O–H groups in total. The van der Waals surface area contributed by atoms with E-state index >= 15 is 0 Å². The van der Waals surface area contributed by atoms with Crippen LogP contribution in [0, 0.1) is 6.92 Å². The van der Waals surface area contributed by atoms with Gasteiger partial charge in [0, 0.05) is 24.3 Å². The molecule has 0 heterocycles. The van der Waals surface area contributed by atoms with Crippen LogP contribution in [0.5, 0.6) is 0 Å². The maximum Gasteiger partial charge on any atom is 0.251 e. The average molecular weight is 248 g/mol. The number of carbonyl (C=O) groups excluding carboxylic acids is 1. The van der Waals surface area contributed by atoms with E-state index in [-0.39, 0.29) is 5.91 Å². The number of benzene rings is 1. The third kappa shape index (κ3) is 4.40. The van der Waals surface area contributed by atoms with E-state index in [9.17, 15) is 4.79 Å². The smallest absolute Gasteiger partial charge is 0.251 e. The minimum atomic E-state index is -0.00546. The highest BCUT2D eigenvalue weighted by Gasteiger charge is 2.06. The van der Waals surface area contributed by atoms with Crippen molar-refractivity contribution in [2.24, 2.45) is 0 Å². The molecule has 0 spiro atoms. The standard InChI is InChI=1S/C15H24N2O/c1-4-6-7-10-17-14-11-13(9-8-12(14)3)15(18)16-5-2/h8-9,11,17H,4-7,10H2,1-3H3,(H,16,18). The van der Waals surface area contributed by atoms with Crippen molar-refractivity contribution in [3.63, 3.8) is 0 Å². The van der Waals surface area contributed by atoms with Crippen LogP contribution in [0.4, 0.5) is 5.69 Å². The van der Waals surface area contributed by atoms with Gasteiger partial charge in [0.25, 0.3) is 5.91 Å². The third-order valence-electron chi connectivity index (χ3n) is 2.93. The summed E-state index contributed by atoms with van der Waals surface area (Å²) < 4.78 is 0. The topological polar surface area (TPSA) is 41.1 Å². The number of amides is 1. The minimum Gasteiger partial charge on any atom is -0.385 e. The number of hydrogen-bond donors (Lipinski definition) is 2. The molecular formula is C15H24N2O. The molecule has 0 fully saturated rings. The van der Waals surface area contributed by atoms with Crippen molar-refractivity contribution < 1.29 is 4.79 Å². The van der Waals surface area contributed by atoms with Gasteiger partial charge in [0.2, 0.25) is 0 Å². The summed E-state index contributed by atoms with van der Waals surface area (Å²) >= 11 is 0. The number of aryl methyl sites for hydroxylation is 1. The second kappa shape index (κ2) is 7.75. The van der Waals surface area contributed by atoms with E-state index in [1.807, 2.05) is 25.1 Å². The number of rotatable bonds is 7. The third-order valence-corrected chi connectivity index (χ3v) is 2.93. The van der Waals surface area contributed by atoms with Crippen LogP contribution < -0.4 is 10.6 Å². The van der Waals surface area contributed by atoms with E-state index in [0.717, 1.165) is 17.8 Å². The Labute approximate surface area is 110 Å². The first-order valence-corrected chi connectivity index (χ1v) is 6.81. The van der Waals surface area contributed by atoms with E-state index in [0.29, 0.717) is 6.54 Å². The van der Waals surface area contributed by atoms with Gasteiger partial charge in [-0.1, -0.05) is 25.8 Å². The first-order valence-electron chi connectivity index (χ1n) is 6.81. The van der Waals surface area contributed by atoms with E-state index in [1.165, 1.54) is 24.8 Å². The fourth-order valence-electron chi connectivity index (χ4n) is 1.81. The molecule has 0 aliphatic rings. The average Bonchev–Trinajstić information content (AvgIpc) is 2.37. The Balaban J connectivity index is 2.66. The molecule has 0 aliphatic heterocycles. The van der Waals surface area contributed by atoms with Crippen LogP contribution in [0.25, 0.3) is 0 Å². The summed E-state index contributed by atoms with van der Waals surface area (Å²) in [5.41, 5.74) is 2.97. The molecule has 1 rings (SSSR count). The Hall–Kier alpha value is -1.51. The molecule has 0 saturated heterocycles. The lowest BCUT2D eigenvalue weighted by molar-refractivity contribution is 0.0956. The SMILES string of the molecule is CCCCCNc1cc(C(=O)NCC)ccc1C. The van der Waals surface area contributed by atoms with Gasteiger partial charge in [0.15, 0.2) is 0 Å². The van der Waals surface area contributed by atoms with Gasteiger partial charge in [-0.15, -0.1) is 0 Å². The lowest BCUT2D eigenvalue weighted by Gasteiger charge is -2.11. The summed E-state index contributed by atoms with van der Waals surface area (Å²) in [7, 11) is 0. The van der Waals surface area contributed by atoms with E-state index in [4.69, 9.17) is 0 Å². The Bertz CT molecular complexity index is 388. The lowest BCUT2D eigenvalue weighted by atomic mass is 10.1. The van der Waals surface area contributed by atoms with E-state index in [2.05, 4.69) is 24.5 Å². The number of unbranched alkanes of at least 4 members (excludes halogenated alkanes) is 2. The van der Waals surface area contributed by atoms with Gasteiger partial charge in [-0.2, -0.15) is 0 Å². The monoisotopic (exact) mass is 248 g/mol. The molecule has 1 aromatic rings. The summed E-state index contributed by atoms with van der Waals surface area (Å²) in [6.45, 7) is 7.81.